The standard InChI is InChI=1S/C31H34N4O/c1-22-29-26-12-6-5-11-25(26)23(19-27(29)30(36)35(22)24-9-3-2-4-10-24)20-34-17-14-31(21-32,15-18-34)28-13-7-8-16-33-28/h5-8,11-13,16,19,22,24H,2-4,9-10,14-15,17-18,20H2,1H3. The van der Waals surface area contributed by atoms with Crippen LogP contribution < -0.4 is 0 Å². The van der Waals surface area contributed by atoms with Gasteiger partial charge in [-0.15, -0.1) is 0 Å². The summed E-state index contributed by atoms with van der Waals surface area (Å²) in [5, 5.41) is 12.5. The number of hydrogen-bond acceptors (Lipinski definition) is 4. The van der Waals surface area contributed by atoms with Crippen LogP contribution in [0.5, 0.6) is 0 Å². The van der Waals surface area contributed by atoms with Gasteiger partial charge in [0.05, 0.1) is 17.8 Å². The molecule has 1 aliphatic carbocycles. The third kappa shape index (κ3) is 3.79. The van der Waals surface area contributed by atoms with Gasteiger partial charge < -0.3 is 4.90 Å². The minimum absolute atomic E-state index is 0.124. The summed E-state index contributed by atoms with van der Waals surface area (Å²) >= 11 is 0. The third-order valence-electron chi connectivity index (χ3n) is 8.91. The van der Waals surface area contributed by atoms with Gasteiger partial charge in [-0.25, -0.2) is 0 Å². The Balaban J connectivity index is 1.29. The lowest BCUT2D eigenvalue weighted by molar-refractivity contribution is 0.0592. The smallest absolute Gasteiger partial charge is 0.255 e. The van der Waals surface area contributed by atoms with Crippen molar-refractivity contribution in [3.8, 4) is 6.07 Å². The van der Waals surface area contributed by atoms with Crippen molar-refractivity contribution in [2.24, 2.45) is 0 Å². The van der Waals surface area contributed by atoms with Crippen molar-refractivity contribution in [1.29, 1.82) is 5.26 Å². The van der Waals surface area contributed by atoms with E-state index in [4.69, 9.17) is 0 Å². The van der Waals surface area contributed by atoms with E-state index in [2.05, 4.69) is 58.1 Å². The van der Waals surface area contributed by atoms with Crippen LogP contribution in [0.2, 0.25) is 0 Å². The van der Waals surface area contributed by atoms with Crippen molar-refractivity contribution in [3.05, 3.63) is 77.1 Å². The van der Waals surface area contributed by atoms with Crippen LogP contribution in [0.25, 0.3) is 10.8 Å². The van der Waals surface area contributed by atoms with Crippen molar-refractivity contribution in [3.63, 3.8) is 0 Å². The molecule has 1 unspecified atom stereocenters. The Kier molecular flexibility index (Phi) is 6.01. The Hall–Kier alpha value is -3.23. The zero-order valence-corrected chi connectivity index (χ0v) is 21.1. The number of rotatable bonds is 4. The normalized spacial score (nSPS) is 22.5. The maximum absolute atomic E-state index is 13.7. The molecule has 3 aromatic rings. The number of piperidine rings is 1. The molecule has 2 aliphatic heterocycles. The van der Waals surface area contributed by atoms with Gasteiger partial charge in [-0.1, -0.05) is 49.6 Å². The number of carbonyl (C=O) groups is 1. The Morgan fingerprint density at radius 1 is 1.03 bits per heavy atom. The van der Waals surface area contributed by atoms with Crippen molar-refractivity contribution < 1.29 is 4.79 Å². The van der Waals surface area contributed by atoms with Gasteiger partial charge in [0.1, 0.15) is 5.41 Å². The fourth-order valence-corrected chi connectivity index (χ4v) is 6.93. The van der Waals surface area contributed by atoms with E-state index in [1.54, 1.807) is 6.20 Å². The average molecular weight is 479 g/mol. The van der Waals surface area contributed by atoms with Gasteiger partial charge in [0.2, 0.25) is 0 Å². The molecule has 2 fully saturated rings. The van der Waals surface area contributed by atoms with Crippen LogP contribution in [0.15, 0.2) is 54.7 Å². The molecule has 1 saturated carbocycles. The molecule has 2 aromatic carbocycles. The second kappa shape index (κ2) is 9.33. The van der Waals surface area contributed by atoms with Crippen LogP contribution in [0.1, 0.15) is 85.1 Å². The molecule has 1 saturated heterocycles. The molecule has 6 rings (SSSR count). The summed E-state index contributed by atoms with van der Waals surface area (Å²) in [7, 11) is 0. The number of benzene rings is 2. The second-order valence-electron chi connectivity index (χ2n) is 10.9. The van der Waals surface area contributed by atoms with Gasteiger partial charge in [-0.2, -0.15) is 5.26 Å². The molecular weight excluding hydrogens is 444 g/mol. The van der Waals surface area contributed by atoms with Crippen LogP contribution in [0, 0.1) is 11.3 Å². The number of amides is 1. The third-order valence-corrected chi connectivity index (χ3v) is 8.91. The number of fused-ring (bicyclic) bond motifs is 3. The number of hydrogen-bond donors (Lipinski definition) is 0. The first-order valence-electron chi connectivity index (χ1n) is 13.5. The summed E-state index contributed by atoms with van der Waals surface area (Å²) in [6.45, 7) is 4.69. The molecule has 0 spiro atoms. The summed E-state index contributed by atoms with van der Waals surface area (Å²) in [6, 6.07) is 19.7. The Morgan fingerprint density at radius 3 is 2.44 bits per heavy atom. The van der Waals surface area contributed by atoms with E-state index in [1.165, 1.54) is 41.2 Å². The van der Waals surface area contributed by atoms with Gasteiger partial charge in [-0.3, -0.25) is 14.7 Å². The largest absolute Gasteiger partial charge is 0.329 e. The topological polar surface area (TPSA) is 60.2 Å². The predicted molar refractivity (Wildman–Crippen MR) is 141 cm³/mol. The lowest BCUT2D eigenvalue weighted by atomic mass is 9.76. The monoisotopic (exact) mass is 478 g/mol. The van der Waals surface area contributed by atoms with Crippen molar-refractivity contribution in [2.45, 2.75) is 75.9 Å². The summed E-state index contributed by atoms with van der Waals surface area (Å²) in [6.07, 6.45) is 9.31. The van der Waals surface area contributed by atoms with E-state index in [0.29, 0.717) is 6.04 Å². The van der Waals surface area contributed by atoms with Gasteiger partial charge in [0, 0.05) is 37.4 Å². The van der Waals surface area contributed by atoms with Crippen LogP contribution in [0.3, 0.4) is 0 Å². The highest BCUT2D eigenvalue weighted by molar-refractivity contribution is 6.06. The number of nitriles is 1. The van der Waals surface area contributed by atoms with E-state index in [1.807, 2.05) is 18.2 Å². The molecule has 3 aliphatic rings. The highest BCUT2D eigenvalue weighted by Crippen LogP contribution is 2.43. The molecule has 1 aromatic heterocycles. The zero-order chi connectivity index (χ0) is 24.7. The van der Waals surface area contributed by atoms with Gasteiger partial charge in [-0.05, 0) is 72.7 Å². The second-order valence-corrected chi connectivity index (χ2v) is 10.9. The number of nitrogens with zero attached hydrogens (tertiary/aromatic N) is 4. The Labute approximate surface area is 213 Å². The lowest BCUT2D eigenvalue weighted by Crippen LogP contribution is -2.42. The molecule has 36 heavy (non-hydrogen) atoms. The van der Waals surface area contributed by atoms with Crippen LogP contribution >= 0.6 is 0 Å². The molecule has 184 valence electrons. The fraction of sp³-hybridized carbons (Fsp3) is 0.452. The van der Waals surface area contributed by atoms with E-state index in [-0.39, 0.29) is 11.9 Å². The fourth-order valence-electron chi connectivity index (χ4n) is 6.93. The summed E-state index contributed by atoms with van der Waals surface area (Å²) in [4.78, 5) is 22.9. The van der Waals surface area contributed by atoms with Gasteiger partial charge in [0.25, 0.3) is 5.91 Å². The quantitative estimate of drug-likeness (QED) is 0.452. The maximum Gasteiger partial charge on any atom is 0.255 e. The van der Waals surface area contributed by atoms with E-state index < -0.39 is 5.41 Å². The number of likely N-dealkylation sites (tertiary alicyclic amines) is 1. The van der Waals surface area contributed by atoms with Gasteiger partial charge >= 0.3 is 0 Å². The van der Waals surface area contributed by atoms with Crippen LogP contribution in [-0.4, -0.2) is 39.8 Å². The first-order chi connectivity index (χ1) is 17.6. The summed E-state index contributed by atoms with van der Waals surface area (Å²) in [5.74, 6) is 0.216. The lowest BCUT2D eigenvalue weighted by Gasteiger charge is -2.37. The predicted octanol–water partition coefficient (Wildman–Crippen LogP) is 6.14. The molecule has 0 N–H and O–H groups in total. The minimum atomic E-state index is -0.510. The van der Waals surface area contributed by atoms with Crippen molar-refractivity contribution in [2.75, 3.05) is 13.1 Å². The Bertz CT molecular complexity index is 1310. The molecule has 0 radical (unpaired) electrons. The number of pyridine rings is 1. The first-order valence-corrected chi connectivity index (χ1v) is 13.5. The molecule has 1 amide bonds. The number of carbonyl (C=O) groups excluding carboxylic acids is 1. The molecule has 1 atom stereocenters. The first kappa shape index (κ1) is 23.2. The summed E-state index contributed by atoms with van der Waals surface area (Å²) < 4.78 is 0. The van der Waals surface area contributed by atoms with Crippen LogP contribution in [-0.2, 0) is 12.0 Å². The maximum atomic E-state index is 13.7. The molecule has 5 nitrogen and oxygen atoms in total. The summed E-state index contributed by atoms with van der Waals surface area (Å²) in [5.41, 5.74) is 3.71. The van der Waals surface area contributed by atoms with E-state index >= 15 is 0 Å². The highest BCUT2D eigenvalue weighted by atomic mass is 16.2. The van der Waals surface area contributed by atoms with E-state index in [0.717, 1.165) is 56.6 Å². The highest BCUT2D eigenvalue weighted by Gasteiger charge is 2.41. The molecule has 5 heteroatoms. The molecule has 0 bridgehead atoms. The van der Waals surface area contributed by atoms with Crippen LogP contribution in [0.4, 0.5) is 0 Å². The van der Waals surface area contributed by atoms with E-state index in [9.17, 15) is 10.1 Å². The van der Waals surface area contributed by atoms with Gasteiger partial charge in [0.15, 0.2) is 0 Å². The molecule has 3 heterocycles. The average Bonchev–Trinajstić information content (AvgIpc) is 3.19. The number of aromatic nitrogens is 1. The molecular formula is C31H34N4O. The zero-order valence-electron chi connectivity index (χ0n) is 21.1. The minimum Gasteiger partial charge on any atom is -0.329 e. The SMILES string of the molecule is CC1c2c(cc(CN3CCC(C#N)(c4ccccn4)CC3)c3ccccc23)C(=O)N1C1CCCCC1. The Morgan fingerprint density at radius 2 is 1.75 bits per heavy atom. The van der Waals surface area contributed by atoms with Crippen molar-refractivity contribution >= 4 is 16.7 Å². The van der Waals surface area contributed by atoms with Crippen molar-refractivity contribution in [1.82, 2.24) is 14.8 Å².